The van der Waals surface area contributed by atoms with Crippen molar-refractivity contribution in [1.29, 1.82) is 0 Å². The van der Waals surface area contributed by atoms with E-state index < -0.39 is 17.9 Å². The largest absolute Gasteiger partial charge is 0.504 e. The van der Waals surface area contributed by atoms with E-state index in [9.17, 15) is 19.8 Å². The molecule has 1 saturated carbocycles. The predicted octanol–water partition coefficient (Wildman–Crippen LogP) is 4.35. The summed E-state index contributed by atoms with van der Waals surface area (Å²) in [4.78, 5) is 22.7. The molecule has 2 unspecified atom stereocenters. The number of hydrogen-bond donors (Lipinski definition) is 3. The molecule has 0 saturated heterocycles. The number of carboxylic acids is 1. The van der Waals surface area contributed by atoms with Crippen LogP contribution in [0.2, 0.25) is 0 Å². The Morgan fingerprint density at radius 1 is 1.08 bits per heavy atom. The van der Waals surface area contributed by atoms with Gasteiger partial charge in [-0.1, -0.05) is 33.8 Å². The van der Waals surface area contributed by atoms with Crippen molar-refractivity contribution in [2.75, 3.05) is 0 Å². The van der Waals surface area contributed by atoms with Crippen molar-refractivity contribution in [1.82, 2.24) is 0 Å². The van der Waals surface area contributed by atoms with E-state index in [-0.39, 0.29) is 17.6 Å². The maximum atomic E-state index is 11.7. The van der Waals surface area contributed by atoms with Crippen LogP contribution in [-0.2, 0) is 14.3 Å². The molecule has 3 N–H and O–H groups in total. The molecule has 0 spiro atoms. The highest BCUT2D eigenvalue weighted by Gasteiger charge is 2.28. The third kappa shape index (κ3) is 8.05. The second-order valence-electron chi connectivity index (χ2n) is 5.34. The molecule has 26 heavy (non-hydrogen) atoms. The monoisotopic (exact) mass is 366 g/mol. The predicted molar refractivity (Wildman–Crippen MR) is 101 cm³/mol. The van der Waals surface area contributed by atoms with Crippen LogP contribution in [0.15, 0.2) is 24.3 Å². The van der Waals surface area contributed by atoms with Gasteiger partial charge in [-0.3, -0.25) is 4.79 Å². The number of aliphatic carboxylic acids is 1. The molecule has 0 radical (unpaired) electrons. The van der Waals surface area contributed by atoms with Gasteiger partial charge in [0.05, 0.1) is 5.92 Å². The molecule has 1 aromatic carbocycles. The molecule has 6 nitrogen and oxygen atoms in total. The fourth-order valence-corrected chi connectivity index (χ4v) is 2.49. The van der Waals surface area contributed by atoms with Crippen molar-refractivity contribution in [2.45, 2.75) is 59.5 Å². The number of esters is 1. The fourth-order valence-electron chi connectivity index (χ4n) is 2.49. The van der Waals surface area contributed by atoms with Crippen LogP contribution in [0.5, 0.6) is 11.5 Å². The third-order valence-electron chi connectivity index (χ3n) is 3.67. The molecule has 2 atom stereocenters. The number of aromatic hydroxyl groups is 2. The van der Waals surface area contributed by atoms with Crippen molar-refractivity contribution in [3.05, 3.63) is 29.8 Å². The molecule has 0 aromatic heterocycles. The van der Waals surface area contributed by atoms with Crippen LogP contribution in [0.4, 0.5) is 0 Å². The van der Waals surface area contributed by atoms with E-state index in [2.05, 4.69) is 0 Å². The number of phenolic OH excluding ortho intramolecular Hbond substituents is 2. The zero-order chi connectivity index (χ0) is 20.1. The van der Waals surface area contributed by atoms with Gasteiger partial charge in [-0.2, -0.15) is 0 Å². The quantitative estimate of drug-likeness (QED) is 0.416. The number of carboxylic acid groups (broad SMARTS) is 1. The summed E-state index contributed by atoms with van der Waals surface area (Å²) in [6.45, 7) is 8.00. The van der Waals surface area contributed by atoms with E-state index in [1.165, 1.54) is 24.3 Å². The number of carbonyl (C=O) groups is 2. The SMILES string of the molecule is CC.CC.O=C(/C=C/c1ccc(O)c(O)c1)OC1CCCC(C(=O)O)C1. The summed E-state index contributed by atoms with van der Waals surface area (Å²) in [6, 6.07) is 4.18. The second-order valence-corrected chi connectivity index (χ2v) is 5.34. The third-order valence-corrected chi connectivity index (χ3v) is 3.67. The molecule has 1 aromatic rings. The Balaban J connectivity index is 0.00000146. The zero-order valence-electron chi connectivity index (χ0n) is 15.9. The lowest BCUT2D eigenvalue weighted by molar-refractivity contribution is -0.151. The molecule has 0 aliphatic heterocycles. The molecular weight excluding hydrogens is 336 g/mol. The highest BCUT2D eigenvalue weighted by Crippen LogP contribution is 2.27. The molecule has 0 heterocycles. The Hall–Kier alpha value is -2.50. The van der Waals surface area contributed by atoms with Gasteiger partial charge in [-0.25, -0.2) is 4.79 Å². The molecule has 2 rings (SSSR count). The first-order valence-corrected chi connectivity index (χ1v) is 9.09. The van der Waals surface area contributed by atoms with Crippen molar-refractivity contribution in [3.63, 3.8) is 0 Å². The van der Waals surface area contributed by atoms with Crippen LogP contribution in [0, 0.1) is 5.92 Å². The number of benzene rings is 1. The van der Waals surface area contributed by atoms with Crippen molar-refractivity contribution in [3.8, 4) is 11.5 Å². The maximum absolute atomic E-state index is 11.7. The molecule has 1 aliphatic rings. The Bertz CT molecular complexity index is 594. The van der Waals surface area contributed by atoms with Gasteiger partial charge >= 0.3 is 11.9 Å². The van der Waals surface area contributed by atoms with Gasteiger partial charge in [0.2, 0.25) is 0 Å². The molecule has 0 bridgehead atoms. The Morgan fingerprint density at radius 2 is 1.73 bits per heavy atom. The van der Waals surface area contributed by atoms with E-state index in [1.807, 2.05) is 27.7 Å². The number of phenols is 2. The number of rotatable bonds is 4. The zero-order valence-corrected chi connectivity index (χ0v) is 15.9. The van der Waals surface area contributed by atoms with Gasteiger partial charge in [0.1, 0.15) is 6.10 Å². The van der Waals surface area contributed by atoms with Crippen molar-refractivity contribution >= 4 is 18.0 Å². The van der Waals surface area contributed by atoms with Gasteiger partial charge in [0.15, 0.2) is 11.5 Å². The lowest BCUT2D eigenvalue weighted by Gasteiger charge is -2.25. The van der Waals surface area contributed by atoms with Gasteiger partial charge in [-0.15, -0.1) is 0 Å². The van der Waals surface area contributed by atoms with Gasteiger partial charge in [0.25, 0.3) is 0 Å². The van der Waals surface area contributed by atoms with E-state index in [4.69, 9.17) is 9.84 Å². The number of hydrogen-bond acceptors (Lipinski definition) is 5. The van der Waals surface area contributed by atoms with E-state index in [1.54, 1.807) is 6.07 Å². The summed E-state index contributed by atoms with van der Waals surface area (Å²) in [5.41, 5.74) is 0.541. The average molecular weight is 366 g/mol. The van der Waals surface area contributed by atoms with Crippen LogP contribution in [0.3, 0.4) is 0 Å². The van der Waals surface area contributed by atoms with Gasteiger partial charge < -0.3 is 20.1 Å². The van der Waals surface area contributed by atoms with E-state index in [0.717, 1.165) is 6.42 Å². The molecule has 6 heteroatoms. The van der Waals surface area contributed by atoms with Crippen LogP contribution in [-0.4, -0.2) is 33.4 Å². The lowest BCUT2D eigenvalue weighted by Crippen LogP contribution is -2.28. The Labute approximate surface area is 155 Å². The number of ether oxygens (including phenoxy) is 1. The van der Waals surface area contributed by atoms with Gasteiger partial charge in [0, 0.05) is 6.08 Å². The lowest BCUT2D eigenvalue weighted by atomic mass is 9.87. The summed E-state index contributed by atoms with van der Waals surface area (Å²) in [7, 11) is 0. The second kappa shape index (κ2) is 12.8. The highest BCUT2D eigenvalue weighted by atomic mass is 16.5. The first-order valence-electron chi connectivity index (χ1n) is 9.09. The summed E-state index contributed by atoms with van der Waals surface area (Å²) in [5, 5.41) is 27.5. The smallest absolute Gasteiger partial charge is 0.331 e. The first kappa shape index (κ1) is 23.5. The standard InChI is InChI=1S/C16H18O6.2C2H6/c17-13-6-4-10(8-14(13)18)5-7-15(19)22-12-3-1-2-11(9-12)16(20)21;2*1-2/h4-8,11-12,17-18H,1-3,9H2,(H,20,21);2*1-2H3/b7-5+;;. The molecule has 1 aliphatic carbocycles. The first-order chi connectivity index (χ1) is 12.5. The van der Waals surface area contributed by atoms with Crippen LogP contribution < -0.4 is 0 Å². The maximum Gasteiger partial charge on any atom is 0.331 e. The molecule has 146 valence electrons. The van der Waals surface area contributed by atoms with E-state index >= 15 is 0 Å². The summed E-state index contributed by atoms with van der Waals surface area (Å²) in [5.74, 6) is -2.36. The summed E-state index contributed by atoms with van der Waals surface area (Å²) < 4.78 is 5.25. The van der Waals surface area contributed by atoms with Crippen LogP contribution in [0.25, 0.3) is 6.08 Å². The Morgan fingerprint density at radius 3 is 2.31 bits per heavy atom. The average Bonchev–Trinajstić information content (AvgIpc) is 2.66. The van der Waals surface area contributed by atoms with E-state index in [0.29, 0.717) is 24.8 Å². The topological polar surface area (TPSA) is 104 Å². The van der Waals surface area contributed by atoms with Crippen LogP contribution in [0.1, 0.15) is 58.9 Å². The van der Waals surface area contributed by atoms with Crippen molar-refractivity contribution in [2.24, 2.45) is 5.92 Å². The van der Waals surface area contributed by atoms with Gasteiger partial charge in [-0.05, 0) is 49.5 Å². The Kier molecular flexibility index (Phi) is 11.6. The summed E-state index contributed by atoms with van der Waals surface area (Å²) in [6.07, 6.45) is 4.66. The highest BCUT2D eigenvalue weighted by molar-refractivity contribution is 5.87. The van der Waals surface area contributed by atoms with Crippen molar-refractivity contribution < 1.29 is 29.6 Å². The minimum atomic E-state index is -0.851. The fraction of sp³-hybridized carbons (Fsp3) is 0.500. The minimum Gasteiger partial charge on any atom is -0.504 e. The summed E-state index contributed by atoms with van der Waals surface area (Å²) >= 11 is 0. The normalized spacial score (nSPS) is 18.8. The van der Waals surface area contributed by atoms with Crippen LogP contribution >= 0.6 is 0 Å². The minimum absolute atomic E-state index is 0.235. The molecule has 1 fully saturated rings. The molecule has 0 amide bonds. The molecular formula is C20H30O6. The number of carbonyl (C=O) groups excluding carboxylic acids is 1.